The Morgan fingerprint density at radius 2 is 1.96 bits per heavy atom. The van der Waals surface area contributed by atoms with Crippen molar-refractivity contribution in [3.63, 3.8) is 0 Å². The fourth-order valence-electron chi connectivity index (χ4n) is 2.30. The lowest BCUT2D eigenvalue weighted by molar-refractivity contribution is -0.124. The van der Waals surface area contributed by atoms with Crippen molar-refractivity contribution in [2.45, 2.75) is 18.5 Å². The van der Waals surface area contributed by atoms with Crippen LogP contribution in [0, 0.1) is 6.92 Å². The van der Waals surface area contributed by atoms with Crippen molar-refractivity contribution in [3.8, 4) is 10.7 Å². The van der Waals surface area contributed by atoms with Crippen LogP contribution in [0.3, 0.4) is 0 Å². The molecule has 140 valence electrons. The minimum absolute atomic E-state index is 0.300. The van der Waals surface area contributed by atoms with Gasteiger partial charge in [0.1, 0.15) is 10.6 Å². The summed E-state index contributed by atoms with van der Waals surface area (Å²) in [5.74, 6) is -0.367. The number of nitrogens with zero attached hydrogens (tertiary/aromatic N) is 2. The Bertz CT molecular complexity index is 925. The first-order chi connectivity index (χ1) is 13.1. The Labute approximate surface area is 169 Å². The number of aryl methyl sites for hydroxylation is 1. The third-order valence-corrected chi connectivity index (χ3v) is 5.99. The van der Waals surface area contributed by atoms with Crippen LogP contribution in [0.1, 0.15) is 20.9 Å². The number of hydrogen-bond donors (Lipinski definition) is 1. The molecule has 0 atom stereocenters. The summed E-state index contributed by atoms with van der Waals surface area (Å²) in [5, 5.41) is 7.15. The summed E-state index contributed by atoms with van der Waals surface area (Å²) in [5.41, 5.74) is 0.829. The average molecular weight is 420 g/mol. The molecular formula is C18H17N3O3S3. The fourth-order valence-corrected chi connectivity index (χ4v) is 4.21. The van der Waals surface area contributed by atoms with E-state index in [1.165, 1.54) is 23.1 Å². The molecule has 0 aromatic carbocycles. The summed E-state index contributed by atoms with van der Waals surface area (Å²) in [6, 6.07) is 7.70. The number of carbonyl (C=O) groups is 2. The normalized spacial score (nSPS) is 10.6. The zero-order valence-electron chi connectivity index (χ0n) is 14.7. The zero-order chi connectivity index (χ0) is 19.2. The Morgan fingerprint density at radius 1 is 1.19 bits per heavy atom. The molecule has 1 amide bonds. The van der Waals surface area contributed by atoms with E-state index >= 15 is 0 Å². The van der Waals surface area contributed by atoms with Gasteiger partial charge in [-0.05, 0) is 36.1 Å². The van der Waals surface area contributed by atoms with Gasteiger partial charge in [-0.15, -0.1) is 34.4 Å². The van der Waals surface area contributed by atoms with Crippen LogP contribution in [0.2, 0.25) is 0 Å². The van der Waals surface area contributed by atoms with Crippen LogP contribution in [-0.2, 0) is 16.1 Å². The average Bonchev–Trinajstić information content (AvgIpc) is 3.37. The number of carbonyl (C=O) groups excluding carboxylic acids is 2. The standard InChI is InChI=1S/C18H17N3O3S3/c1-11-15(17(25-2)21-16(20-11)13-6-4-8-27-13)18(23)24-10-14(22)19-9-12-5-3-7-26-12/h3-8H,9-10H2,1-2H3,(H,19,22). The predicted octanol–water partition coefficient (Wildman–Crippen LogP) is 3.77. The maximum Gasteiger partial charge on any atom is 0.343 e. The van der Waals surface area contributed by atoms with E-state index in [1.54, 1.807) is 18.3 Å². The Morgan fingerprint density at radius 3 is 2.63 bits per heavy atom. The topological polar surface area (TPSA) is 81.2 Å². The molecule has 0 spiro atoms. The summed E-state index contributed by atoms with van der Waals surface area (Å²) in [6.45, 7) is 1.82. The third-order valence-electron chi connectivity index (χ3n) is 3.57. The highest BCUT2D eigenvalue weighted by atomic mass is 32.2. The Hall–Kier alpha value is -2.23. The molecule has 27 heavy (non-hydrogen) atoms. The lowest BCUT2D eigenvalue weighted by Crippen LogP contribution is -2.28. The largest absolute Gasteiger partial charge is 0.452 e. The van der Waals surface area contributed by atoms with Crippen LogP contribution in [0.4, 0.5) is 0 Å². The molecule has 3 heterocycles. The molecule has 0 aliphatic carbocycles. The van der Waals surface area contributed by atoms with E-state index in [9.17, 15) is 9.59 Å². The zero-order valence-corrected chi connectivity index (χ0v) is 17.2. The second-order valence-electron chi connectivity index (χ2n) is 5.43. The molecule has 0 fully saturated rings. The SMILES string of the molecule is CSc1nc(-c2cccs2)nc(C)c1C(=O)OCC(=O)NCc1cccs1. The quantitative estimate of drug-likeness (QED) is 0.357. The molecule has 0 aliphatic rings. The molecule has 9 heteroatoms. The van der Waals surface area contributed by atoms with Crippen LogP contribution in [0.5, 0.6) is 0 Å². The summed E-state index contributed by atoms with van der Waals surface area (Å²) >= 11 is 4.43. The number of aromatic nitrogens is 2. The molecular weight excluding hydrogens is 402 g/mol. The number of hydrogen-bond acceptors (Lipinski definition) is 8. The fraction of sp³-hybridized carbons (Fsp3) is 0.222. The number of rotatable bonds is 7. The van der Waals surface area contributed by atoms with E-state index in [1.807, 2.05) is 41.3 Å². The smallest absolute Gasteiger partial charge is 0.343 e. The highest BCUT2D eigenvalue weighted by molar-refractivity contribution is 7.98. The monoisotopic (exact) mass is 419 g/mol. The van der Waals surface area contributed by atoms with E-state index in [4.69, 9.17) is 4.74 Å². The van der Waals surface area contributed by atoms with Gasteiger partial charge in [0.15, 0.2) is 12.4 Å². The molecule has 1 N–H and O–H groups in total. The molecule has 3 aromatic rings. The van der Waals surface area contributed by atoms with Crippen LogP contribution < -0.4 is 5.32 Å². The Balaban J connectivity index is 1.66. The summed E-state index contributed by atoms with van der Waals surface area (Å²) in [4.78, 5) is 35.3. The van der Waals surface area contributed by atoms with Gasteiger partial charge >= 0.3 is 5.97 Å². The number of amides is 1. The first kappa shape index (κ1) is 19.5. The lowest BCUT2D eigenvalue weighted by atomic mass is 10.2. The molecule has 0 bridgehead atoms. The van der Waals surface area contributed by atoms with Crippen LogP contribution >= 0.6 is 34.4 Å². The van der Waals surface area contributed by atoms with Gasteiger partial charge in [-0.3, -0.25) is 4.79 Å². The molecule has 0 saturated heterocycles. The maximum absolute atomic E-state index is 12.5. The summed E-state index contributed by atoms with van der Waals surface area (Å²) in [6.07, 6.45) is 1.84. The van der Waals surface area contributed by atoms with E-state index in [0.717, 1.165) is 9.75 Å². The molecule has 0 radical (unpaired) electrons. The molecule has 0 saturated carbocycles. The van der Waals surface area contributed by atoms with E-state index < -0.39 is 5.97 Å². The van der Waals surface area contributed by atoms with Gasteiger partial charge in [-0.2, -0.15) is 0 Å². The molecule has 3 aromatic heterocycles. The summed E-state index contributed by atoms with van der Waals surface area (Å²) in [7, 11) is 0. The number of ether oxygens (including phenoxy) is 1. The Kier molecular flexibility index (Phi) is 6.59. The van der Waals surface area contributed by atoms with Gasteiger partial charge in [0.25, 0.3) is 5.91 Å². The lowest BCUT2D eigenvalue weighted by Gasteiger charge is -2.11. The molecule has 0 aliphatic heterocycles. The minimum atomic E-state index is -0.596. The molecule has 0 unspecified atom stereocenters. The maximum atomic E-state index is 12.5. The number of thiophene rings is 2. The van der Waals surface area contributed by atoms with Crippen LogP contribution in [-0.4, -0.2) is 34.7 Å². The minimum Gasteiger partial charge on any atom is -0.452 e. The van der Waals surface area contributed by atoms with Crippen molar-refractivity contribution in [1.82, 2.24) is 15.3 Å². The second kappa shape index (κ2) is 9.12. The van der Waals surface area contributed by atoms with Gasteiger partial charge in [0.05, 0.1) is 17.1 Å². The van der Waals surface area contributed by atoms with Crippen molar-refractivity contribution in [2.75, 3.05) is 12.9 Å². The van der Waals surface area contributed by atoms with Crippen LogP contribution in [0.15, 0.2) is 40.1 Å². The van der Waals surface area contributed by atoms with Crippen molar-refractivity contribution in [3.05, 3.63) is 51.2 Å². The predicted molar refractivity (Wildman–Crippen MR) is 108 cm³/mol. The van der Waals surface area contributed by atoms with Crippen molar-refractivity contribution in [1.29, 1.82) is 0 Å². The number of thioether (sulfide) groups is 1. The van der Waals surface area contributed by atoms with E-state index in [2.05, 4.69) is 15.3 Å². The van der Waals surface area contributed by atoms with Crippen molar-refractivity contribution in [2.24, 2.45) is 0 Å². The van der Waals surface area contributed by atoms with Crippen molar-refractivity contribution >= 4 is 46.3 Å². The first-order valence-electron chi connectivity index (χ1n) is 8.01. The van der Waals surface area contributed by atoms with Crippen molar-refractivity contribution < 1.29 is 14.3 Å². The highest BCUT2D eigenvalue weighted by Gasteiger charge is 2.21. The van der Waals surface area contributed by atoms with Gasteiger partial charge in [-0.25, -0.2) is 14.8 Å². The molecule has 3 rings (SSSR count). The first-order valence-corrected chi connectivity index (χ1v) is 11.0. The number of nitrogens with one attached hydrogen (secondary N) is 1. The number of esters is 1. The molecule has 6 nitrogen and oxygen atoms in total. The van der Waals surface area contributed by atoms with Gasteiger partial charge < -0.3 is 10.1 Å². The van der Waals surface area contributed by atoms with E-state index in [0.29, 0.717) is 28.7 Å². The van der Waals surface area contributed by atoms with Crippen LogP contribution in [0.25, 0.3) is 10.7 Å². The van der Waals surface area contributed by atoms with Gasteiger partial charge in [-0.1, -0.05) is 12.1 Å². The highest BCUT2D eigenvalue weighted by Crippen LogP contribution is 2.27. The summed E-state index contributed by atoms with van der Waals surface area (Å²) < 4.78 is 5.18. The second-order valence-corrected chi connectivity index (χ2v) is 8.20. The van der Waals surface area contributed by atoms with E-state index in [-0.39, 0.29) is 12.5 Å². The van der Waals surface area contributed by atoms with Gasteiger partial charge in [0, 0.05) is 4.88 Å². The third kappa shape index (κ3) is 4.94. The van der Waals surface area contributed by atoms with Gasteiger partial charge in [0.2, 0.25) is 0 Å².